The highest BCUT2D eigenvalue weighted by molar-refractivity contribution is 5.49. The summed E-state index contributed by atoms with van der Waals surface area (Å²) in [5.41, 5.74) is 5.33. The van der Waals surface area contributed by atoms with Crippen molar-refractivity contribution in [3.63, 3.8) is 0 Å². The van der Waals surface area contributed by atoms with Crippen molar-refractivity contribution in [3.8, 4) is 5.75 Å². The maximum absolute atomic E-state index is 5.44. The molecule has 0 saturated carbocycles. The minimum absolute atomic E-state index is 0.392. The zero-order valence-corrected chi connectivity index (χ0v) is 12.1. The number of benzene rings is 1. The third-order valence-corrected chi connectivity index (χ3v) is 4.10. The van der Waals surface area contributed by atoms with Crippen LogP contribution in [-0.4, -0.2) is 26.2 Å². The zero-order valence-electron chi connectivity index (χ0n) is 12.1. The number of aryl methyl sites for hydroxylation is 1. The summed E-state index contributed by atoms with van der Waals surface area (Å²) in [5.74, 6) is 0.991. The fraction of sp³-hybridized carbons (Fsp3) is 0.600. The molecule has 2 rings (SSSR count). The maximum Gasteiger partial charge on any atom is 0.122 e. The van der Waals surface area contributed by atoms with Crippen molar-refractivity contribution >= 4 is 0 Å². The van der Waals surface area contributed by atoms with Gasteiger partial charge in [-0.3, -0.25) is 0 Å². The van der Waals surface area contributed by atoms with Crippen LogP contribution in [0, 0.1) is 20.8 Å². The fourth-order valence-corrected chi connectivity index (χ4v) is 2.93. The Kier molecular flexibility index (Phi) is 3.93. The number of nitrogens with one attached hydrogen (secondary N) is 2. The van der Waals surface area contributed by atoms with E-state index in [2.05, 4.69) is 44.4 Å². The van der Waals surface area contributed by atoms with Crippen LogP contribution in [0.2, 0.25) is 0 Å². The third kappa shape index (κ3) is 2.25. The normalized spacial score (nSPS) is 24.1. The monoisotopic (exact) mass is 248 g/mol. The van der Waals surface area contributed by atoms with Gasteiger partial charge in [-0.25, -0.2) is 0 Å². The second-order valence-electron chi connectivity index (χ2n) is 5.23. The fourth-order valence-electron chi connectivity index (χ4n) is 2.93. The van der Waals surface area contributed by atoms with Crippen LogP contribution in [0.15, 0.2) is 6.07 Å². The largest absolute Gasteiger partial charge is 0.496 e. The van der Waals surface area contributed by atoms with Gasteiger partial charge in [-0.05, 0) is 56.0 Å². The Labute approximate surface area is 110 Å². The van der Waals surface area contributed by atoms with E-state index in [1.54, 1.807) is 7.11 Å². The molecule has 3 heteroatoms. The highest BCUT2D eigenvalue weighted by Crippen LogP contribution is 2.33. The van der Waals surface area contributed by atoms with E-state index in [4.69, 9.17) is 4.74 Å². The van der Waals surface area contributed by atoms with E-state index in [1.807, 2.05) is 0 Å². The quantitative estimate of drug-likeness (QED) is 0.842. The molecule has 1 aliphatic rings. The summed E-state index contributed by atoms with van der Waals surface area (Å²) in [7, 11) is 1.74. The Morgan fingerprint density at radius 2 is 1.78 bits per heavy atom. The first-order chi connectivity index (χ1) is 8.56. The molecule has 18 heavy (non-hydrogen) atoms. The van der Waals surface area contributed by atoms with Crippen LogP contribution in [0.5, 0.6) is 5.75 Å². The summed E-state index contributed by atoms with van der Waals surface area (Å²) in [6.07, 6.45) is 0. The van der Waals surface area contributed by atoms with Crippen LogP contribution in [0.1, 0.15) is 35.2 Å². The Bertz CT molecular complexity index is 443. The van der Waals surface area contributed by atoms with Crippen LogP contribution < -0.4 is 15.4 Å². The topological polar surface area (TPSA) is 33.3 Å². The second kappa shape index (κ2) is 5.29. The Morgan fingerprint density at radius 1 is 1.11 bits per heavy atom. The molecule has 1 fully saturated rings. The molecular formula is C15H24N2O. The lowest BCUT2D eigenvalue weighted by Gasteiger charge is -2.34. The lowest BCUT2D eigenvalue weighted by atomic mass is 9.88. The van der Waals surface area contributed by atoms with Crippen molar-refractivity contribution in [1.29, 1.82) is 0 Å². The summed E-state index contributed by atoms with van der Waals surface area (Å²) in [6, 6.07) is 3.01. The van der Waals surface area contributed by atoms with E-state index >= 15 is 0 Å². The number of methoxy groups -OCH3 is 1. The van der Waals surface area contributed by atoms with Gasteiger partial charge in [-0.1, -0.05) is 0 Å². The Balaban J connectivity index is 2.47. The minimum Gasteiger partial charge on any atom is -0.496 e. The van der Waals surface area contributed by atoms with E-state index in [1.165, 1.54) is 22.3 Å². The number of ether oxygens (including phenoxy) is 1. The van der Waals surface area contributed by atoms with Gasteiger partial charge in [-0.15, -0.1) is 0 Å². The van der Waals surface area contributed by atoms with Crippen molar-refractivity contribution in [3.05, 3.63) is 28.3 Å². The molecule has 1 heterocycles. The average molecular weight is 248 g/mol. The second-order valence-corrected chi connectivity index (χ2v) is 5.23. The van der Waals surface area contributed by atoms with Gasteiger partial charge in [0, 0.05) is 25.2 Å². The van der Waals surface area contributed by atoms with Crippen molar-refractivity contribution in [2.45, 2.75) is 39.8 Å². The summed E-state index contributed by atoms with van der Waals surface area (Å²) >= 11 is 0. The molecule has 0 amide bonds. The van der Waals surface area contributed by atoms with Gasteiger partial charge in [0.15, 0.2) is 0 Å². The van der Waals surface area contributed by atoms with E-state index in [-0.39, 0.29) is 0 Å². The van der Waals surface area contributed by atoms with Crippen LogP contribution in [-0.2, 0) is 0 Å². The minimum atomic E-state index is 0.392. The van der Waals surface area contributed by atoms with Crippen molar-refractivity contribution in [1.82, 2.24) is 10.6 Å². The van der Waals surface area contributed by atoms with Gasteiger partial charge in [0.05, 0.1) is 7.11 Å². The predicted octanol–water partition coefficient (Wildman–Crippen LogP) is 2.24. The number of hydrogen-bond acceptors (Lipinski definition) is 3. The summed E-state index contributed by atoms with van der Waals surface area (Å²) in [5, 5.41) is 7.17. The van der Waals surface area contributed by atoms with Crippen LogP contribution in [0.4, 0.5) is 0 Å². The highest BCUT2D eigenvalue weighted by atomic mass is 16.5. The number of piperazine rings is 1. The summed E-state index contributed by atoms with van der Waals surface area (Å²) in [6.45, 7) is 10.8. The SMILES string of the molecule is COc1cc(C)c(C2NCCNC2C)c(C)c1C. The van der Waals surface area contributed by atoms with Gasteiger partial charge in [0.2, 0.25) is 0 Å². The van der Waals surface area contributed by atoms with E-state index in [0.717, 1.165) is 18.8 Å². The van der Waals surface area contributed by atoms with Gasteiger partial charge < -0.3 is 15.4 Å². The molecule has 0 bridgehead atoms. The molecule has 1 aromatic carbocycles. The molecule has 2 unspecified atom stereocenters. The van der Waals surface area contributed by atoms with Gasteiger partial charge in [0.25, 0.3) is 0 Å². The molecule has 100 valence electrons. The molecule has 3 nitrogen and oxygen atoms in total. The van der Waals surface area contributed by atoms with Gasteiger partial charge in [0.1, 0.15) is 5.75 Å². The predicted molar refractivity (Wildman–Crippen MR) is 75.4 cm³/mol. The maximum atomic E-state index is 5.44. The first kappa shape index (κ1) is 13.4. The van der Waals surface area contributed by atoms with Crippen LogP contribution in [0.3, 0.4) is 0 Å². The van der Waals surface area contributed by atoms with Gasteiger partial charge in [-0.2, -0.15) is 0 Å². The average Bonchev–Trinajstić information content (AvgIpc) is 2.36. The molecule has 2 atom stereocenters. The molecule has 1 aromatic rings. The highest BCUT2D eigenvalue weighted by Gasteiger charge is 2.26. The van der Waals surface area contributed by atoms with Crippen molar-refractivity contribution in [2.24, 2.45) is 0 Å². The molecule has 1 aliphatic heterocycles. The zero-order chi connectivity index (χ0) is 13.3. The number of hydrogen-bond donors (Lipinski definition) is 2. The Hall–Kier alpha value is -1.06. The van der Waals surface area contributed by atoms with Crippen molar-refractivity contribution < 1.29 is 4.74 Å². The van der Waals surface area contributed by atoms with Crippen LogP contribution in [0.25, 0.3) is 0 Å². The molecule has 0 radical (unpaired) electrons. The van der Waals surface area contributed by atoms with Crippen LogP contribution >= 0.6 is 0 Å². The lowest BCUT2D eigenvalue weighted by Crippen LogP contribution is -2.49. The standard InChI is InChI=1S/C15H24N2O/c1-9-8-13(18-5)10(2)11(3)14(9)15-12(4)16-6-7-17-15/h8,12,15-17H,6-7H2,1-5H3. The number of rotatable bonds is 2. The van der Waals surface area contributed by atoms with E-state index in [9.17, 15) is 0 Å². The van der Waals surface area contributed by atoms with E-state index < -0.39 is 0 Å². The first-order valence-corrected chi connectivity index (χ1v) is 6.67. The molecule has 0 aromatic heterocycles. The Morgan fingerprint density at radius 3 is 2.39 bits per heavy atom. The molecular weight excluding hydrogens is 224 g/mol. The lowest BCUT2D eigenvalue weighted by molar-refractivity contribution is 0.342. The molecule has 2 N–H and O–H groups in total. The third-order valence-electron chi connectivity index (χ3n) is 4.10. The molecule has 0 aliphatic carbocycles. The molecule has 1 saturated heterocycles. The first-order valence-electron chi connectivity index (χ1n) is 6.67. The molecule has 0 spiro atoms. The summed E-state index contributed by atoms with van der Waals surface area (Å²) < 4.78 is 5.44. The van der Waals surface area contributed by atoms with Crippen molar-refractivity contribution in [2.75, 3.05) is 20.2 Å². The smallest absolute Gasteiger partial charge is 0.122 e. The summed E-state index contributed by atoms with van der Waals surface area (Å²) in [4.78, 5) is 0. The van der Waals surface area contributed by atoms with Gasteiger partial charge >= 0.3 is 0 Å². The van der Waals surface area contributed by atoms with E-state index in [0.29, 0.717) is 12.1 Å².